The predicted molar refractivity (Wildman–Crippen MR) is 53.7 cm³/mol. The van der Waals surface area contributed by atoms with Gasteiger partial charge < -0.3 is 10.5 Å². The van der Waals surface area contributed by atoms with E-state index in [0.717, 1.165) is 23.8 Å². The van der Waals surface area contributed by atoms with Crippen LogP contribution in [0.2, 0.25) is 0 Å². The SMILES string of the molecule is COCCCSc1ccc(N)nn1. The van der Waals surface area contributed by atoms with Crippen LogP contribution in [-0.4, -0.2) is 29.7 Å². The van der Waals surface area contributed by atoms with Crippen LogP contribution in [0.3, 0.4) is 0 Å². The zero-order valence-corrected chi connectivity index (χ0v) is 8.38. The molecule has 13 heavy (non-hydrogen) atoms. The van der Waals surface area contributed by atoms with Crippen molar-refractivity contribution in [2.45, 2.75) is 11.4 Å². The second-order valence-corrected chi connectivity index (χ2v) is 3.61. The van der Waals surface area contributed by atoms with Gasteiger partial charge in [-0.3, -0.25) is 0 Å². The Kier molecular flexibility index (Phi) is 4.56. The minimum absolute atomic E-state index is 0.459. The van der Waals surface area contributed by atoms with Crippen molar-refractivity contribution >= 4 is 17.6 Å². The number of hydrogen-bond donors (Lipinski definition) is 1. The first-order valence-corrected chi connectivity index (χ1v) is 5.02. The van der Waals surface area contributed by atoms with Gasteiger partial charge in [0.2, 0.25) is 0 Å². The van der Waals surface area contributed by atoms with Crippen LogP contribution in [0.25, 0.3) is 0 Å². The van der Waals surface area contributed by atoms with Crippen molar-refractivity contribution in [2.75, 3.05) is 25.2 Å². The topological polar surface area (TPSA) is 61.0 Å². The minimum atomic E-state index is 0.459. The fraction of sp³-hybridized carbons (Fsp3) is 0.500. The maximum Gasteiger partial charge on any atom is 0.146 e. The van der Waals surface area contributed by atoms with E-state index >= 15 is 0 Å². The molecule has 72 valence electrons. The summed E-state index contributed by atoms with van der Waals surface area (Å²) < 4.78 is 4.93. The number of hydrogen-bond acceptors (Lipinski definition) is 5. The van der Waals surface area contributed by atoms with Gasteiger partial charge in [0.15, 0.2) is 0 Å². The molecule has 5 heteroatoms. The van der Waals surface area contributed by atoms with E-state index in [0.29, 0.717) is 5.82 Å². The van der Waals surface area contributed by atoms with E-state index in [9.17, 15) is 0 Å². The average Bonchev–Trinajstić information content (AvgIpc) is 2.15. The molecule has 0 aliphatic carbocycles. The molecule has 0 saturated carbocycles. The molecule has 0 aromatic carbocycles. The Morgan fingerprint density at radius 1 is 1.46 bits per heavy atom. The summed E-state index contributed by atoms with van der Waals surface area (Å²) in [5.74, 6) is 1.45. The third kappa shape index (κ3) is 4.10. The van der Waals surface area contributed by atoms with Crippen LogP contribution in [-0.2, 0) is 4.74 Å². The molecule has 1 rings (SSSR count). The molecule has 2 N–H and O–H groups in total. The molecule has 0 bridgehead atoms. The Bertz CT molecular complexity index is 240. The van der Waals surface area contributed by atoms with Crippen LogP contribution >= 0.6 is 11.8 Å². The number of nitrogens with zero attached hydrogens (tertiary/aromatic N) is 2. The lowest BCUT2D eigenvalue weighted by Gasteiger charge is -1.99. The second-order valence-electron chi connectivity index (χ2n) is 2.49. The van der Waals surface area contributed by atoms with Gasteiger partial charge >= 0.3 is 0 Å². The Hall–Kier alpha value is -0.810. The Labute approximate surface area is 81.9 Å². The summed E-state index contributed by atoms with van der Waals surface area (Å²) in [4.78, 5) is 0. The summed E-state index contributed by atoms with van der Waals surface area (Å²) in [6.45, 7) is 0.787. The molecule has 1 heterocycles. The monoisotopic (exact) mass is 199 g/mol. The number of anilines is 1. The zero-order chi connectivity index (χ0) is 9.52. The molecule has 0 amide bonds. The van der Waals surface area contributed by atoms with E-state index in [1.54, 1.807) is 24.9 Å². The molecule has 0 radical (unpaired) electrons. The Balaban J connectivity index is 2.25. The van der Waals surface area contributed by atoms with E-state index in [1.807, 2.05) is 6.07 Å². The lowest BCUT2D eigenvalue weighted by molar-refractivity contribution is 0.200. The summed E-state index contributed by atoms with van der Waals surface area (Å²) in [7, 11) is 1.70. The van der Waals surface area contributed by atoms with E-state index < -0.39 is 0 Å². The quantitative estimate of drug-likeness (QED) is 0.570. The van der Waals surface area contributed by atoms with E-state index in [-0.39, 0.29) is 0 Å². The highest BCUT2D eigenvalue weighted by Gasteiger charge is 1.95. The first-order valence-electron chi connectivity index (χ1n) is 4.04. The van der Waals surface area contributed by atoms with Gasteiger partial charge in [-0.2, -0.15) is 0 Å². The van der Waals surface area contributed by atoms with Crippen molar-refractivity contribution in [3.63, 3.8) is 0 Å². The molecular formula is C8H13N3OS. The van der Waals surface area contributed by atoms with Crippen molar-refractivity contribution in [3.8, 4) is 0 Å². The first kappa shape index (κ1) is 10.3. The summed E-state index contributed by atoms with van der Waals surface area (Å²) in [6, 6.07) is 3.63. The molecule has 0 aliphatic rings. The molecule has 0 fully saturated rings. The smallest absolute Gasteiger partial charge is 0.146 e. The largest absolute Gasteiger partial charge is 0.385 e. The number of nitrogen functional groups attached to an aromatic ring is 1. The van der Waals surface area contributed by atoms with Gasteiger partial charge in [0, 0.05) is 19.5 Å². The van der Waals surface area contributed by atoms with Gasteiger partial charge in [0.25, 0.3) is 0 Å². The summed E-state index contributed by atoms with van der Waals surface area (Å²) in [6.07, 6.45) is 1.02. The normalized spacial score (nSPS) is 10.2. The number of aromatic nitrogens is 2. The van der Waals surface area contributed by atoms with Crippen molar-refractivity contribution < 1.29 is 4.74 Å². The highest BCUT2D eigenvalue weighted by Crippen LogP contribution is 2.15. The lowest BCUT2D eigenvalue weighted by Crippen LogP contribution is -1.94. The van der Waals surface area contributed by atoms with E-state index in [1.165, 1.54) is 0 Å². The standard InChI is InChI=1S/C8H13N3OS/c1-12-5-2-6-13-8-4-3-7(9)10-11-8/h3-4H,2,5-6H2,1H3,(H2,9,10). The van der Waals surface area contributed by atoms with Crippen molar-refractivity contribution in [1.82, 2.24) is 10.2 Å². The molecule has 0 atom stereocenters. The van der Waals surface area contributed by atoms with Gasteiger partial charge in [0.1, 0.15) is 10.8 Å². The van der Waals surface area contributed by atoms with Gasteiger partial charge in [-0.15, -0.1) is 22.0 Å². The van der Waals surface area contributed by atoms with Crippen LogP contribution < -0.4 is 5.73 Å². The Morgan fingerprint density at radius 2 is 2.31 bits per heavy atom. The predicted octanol–water partition coefficient (Wildman–Crippen LogP) is 1.19. The molecule has 0 spiro atoms. The number of thioether (sulfide) groups is 1. The third-order valence-electron chi connectivity index (χ3n) is 1.40. The second kappa shape index (κ2) is 5.77. The van der Waals surface area contributed by atoms with Crippen LogP contribution in [0, 0.1) is 0 Å². The van der Waals surface area contributed by atoms with Crippen LogP contribution in [0.15, 0.2) is 17.2 Å². The zero-order valence-electron chi connectivity index (χ0n) is 7.56. The van der Waals surface area contributed by atoms with E-state index in [2.05, 4.69) is 10.2 Å². The maximum atomic E-state index is 5.40. The lowest BCUT2D eigenvalue weighted by atomic mass is 10.5. The van der Waals surface area contributed by atoms with Crippen molar-refractivity contribution in [2.24, 2.45) is 0 Å². The molecule has 0 aliphatic heterocycles. The molecule has 0 unspecified atom stereocenters. The van der Waals surface area contributed by atoms with Gasteiger partial charge in [-0.05, 0) is 18.6 Å². The molecule has 1 aromatic heterocycles. The molecule has 4 nitrogen and oxygen atoms in total. The van der Waals surface area contributed by atoms with Crippen molar-refractivity contribution in [3.05, 3.63) is 12.1 Å². The van der Waals surface area contributed by atoms with Gasteiger partial charge in [-0.1, -0.05) is 0 Å². The molecule has 1 aromatic rings. The summed E-state index contributed by atoms with van der Waals surface area (Å²) >= 11 is 1.66. The highest BCUT2D eigenvalue weighted by molar-refractivity contribution is 7.99. The van der Waals surface area contributed by atoms with Crippen LogP contribution in [0.5, 0.6) is 0 Å². The molecular weight excluding hydrogens is 186 g/mol. The van der Waals surface area contributed by atoms with Gasteiger partial charge in [-0.25, -0.2) is 0 Å². The molecule has 0 saturated heterocycles. The summed E-state index contributed by atoms with van der Waals surface area (Å²) in [5, 5.41) is 8.58. The maximum absolute atomic E-state index is 5.40. The first-order chi connectivity index (χ1) is 6.33. The van der Waals surface area contributed by atoms with Crippen LogP contribution in [0.1, 0.15) is 6.42 Å². The minimum Gasteiger partial charge on any atom is -0.385 e. The highest BCUT2D eigenvalue weighted by atomic mass is 32.2. The van der Waals surface area contributed by atoms with Crippen molar-refractivity contribution in [1.29, 1.82) is 0 Å². The van der Waals surface area contributed by atoms with E-state index in [4.69, 9.17) is 10.5 Å². The number of nitrogens with two attached hydrogens (primary N) is 1. The fourth-order valence-electron chi connectivity index (χ4n) is 0.787. The summed E-state index contributed by atoms with van der Waals surface area (Å²) in [5.41, 5.74) is 5.40. The fourth-order valence-corrected chi connectivity index (χ4v) is 1.52. The van der Waals surface area contributed by atoms with Crippen LogP contribution in [0.4, 0.5) is 5.82 Å². The Morgan fingerprint density at radius 3 is 2.92 bits per heavy atom. The number of rotatable bonds is 5. The number of methoxy groups -OCH3 is 1. The third-order valence-corrected chi connectivity index (χ3v) is 2.41. The average molecular weight is 199 g/mol. The number of ether oxygens (including phenoxy) is 1. The van der Waals surface area contributed by atoms with Gasteiger partial charge in [0.05, 0.1) is 0 Å².